The summed E-state index contributed by atoms with van der Waals surface area (Å²) < 4.78 is 63.2. The van der Waals surface area contributed by atoms with Gasteiger partial charge in [0.2, 0.25) is 0 Å². The predicted molar refractivity (Wildman–Crippen MR) is 291 cm³/mol. The molecule has 10 aromatic carbocycles. The summed E-state index contributed by atoms with van der Waals surface area (Å²) in [5, 5.41) is 6.76. The molecule has 15 aromatic rings. The summed E-state index contributed by atoms with van der Waals surface area (Å²) in [5.74, 6) is 0.737. The molecule has 0 amide bonds. The minimum Gasteiger partial charge on any atom is -0.454 e. The van der Waals surface area contributed by atoms with Crippen molar-refractivity contribution in [3.05, 3.63) is 230 Å². The first-order valence-electron chi connectivity index (χ1n) is 24.3. The first kappa shape index (κ1) is 41.9. The number of hydrogen-bond acceptors (Lipinski definition) is 4. The zero-order valence-electron chi connectivity index (χ0n) is 39.1. The maximum absolute atomic E-state index is 16.7. The van der Waals surface area contributed by atoms with Crippen LogP contribution in [-0.2, 0) is 6.18 Å². The Morgan fingerprint density at radius 2 is 0.811 bits per heavy atom. The Bertz CT molecular complexity index is 4650. The summed E-state index contributed by atoms with van der Waals surface area (Å²) in [6, 6.07) is 72.6. The molecule has 0 bridgehead atoms. The lowest BCUT2D eigenvalue weighted by Gasteiger charge is -2.19. The maximum atomic E-state index is 16.7. The summed E-state index contributed by atoms with van der Waals surface area (Å²) in [5.41, 5.74) is 7.93. The van der Waals surface area contributed by atoms with Crippen LogP contribution in [0.15, 0.2) is 229 Å². The van der Waals surface area contributed by atoms with Crippen molar-refractivity contribution in [1.29, 1.82) is 0 Å². The molecule has 7 nitrogen and oxygen atoms in total. The summed E-state index contributed by atoms with van der Waals surface area (Å²) in [6.45, 7) is 0. The molecular weight excluding hydrogens is 926 g/mol. The Labute approximate surface area is 419 Å². The van der Waals surface area contributed by atoms with Crippen LogP contribution in [-0.4, -0.2) is 28.7 Å². The van der Waals surface area contributed by atoms with Crippen LogP contribution in [0.1, 0.15) is 5.56 Å². The van der Waals surface area contributed by atoms with E-state index in [2.05, 4.69) is 63.7 Å². The number of rotatable bonds is 6. The molecule has 0 aliphatic carbocycles. The fourth-order valence-corrected chi connectivity index (χ4v) is 11.4. The second kappa shape index (κ2) is 15.9. The molecule has 74 heavy (non-hydrogen) atoms. The van der Waals surface area contributed by atoms with E-state index in [1.54, 1.807) is 10.6 Å². The number of alkyl halides is 3. The van der Waals surface area contributed by atoms with Gasteiger partial charge in [-0.25, -0.2) is 15.0 Å². The highest BCUT2D eigenvalue weighted by Crippen LogP contribution is 2.50. The molecule has 0 atom stereocenters. The van der Waals surface area contributed by atoms with Crippen molar-refractivity contribution in [3.8, 4) is 51.2 Å². The van der Waals surface area contributed by atoms with Crippen LogP contribution >= 0.6 is 0 Å². The fraction of sp³-hybridized carbons (Fsp3) is 0.0156. The predicted octanol–water partition coefficient (Wildman–Crippen LogP) is 17.1. The first-order chi connectivity index (χ1) is 36.4. The maximum Gasteiger partial charge on any atom is 0.418 e. The summed E-state index contributed by atoms with van der Waals surface area (Å²) >= 11 is 0. The molecule has 5 heterocycles. The molecule has 0 radical (unpaired) electrons. The van der Waals surface area contributed by atoms with E-state index in [1.807, 2.05) is 158 Å². The van der Waals surface area contributed by atoms with Crippen LogP contribution in [0.5, 0.6) is 0 Å². The van der Waals surface area contributed by atoms with Gasteiger partial charge in [-0.1, -0.05) is 152 Å². The molecule has 10 heteroatoms. The average Bonchev–Trinajstić information content (AvgIpc) is 4.19. The van der Waals surface area contributed by atoms with Gasteiger partial charge in [-0.05, 0) is 72.8 Å². The molecule has 0 spiro atoms. The van der Waals surface area contributed by atoms with Crippen LogP contribution < -0.4 is 0 Å². The normalized spacial score (nSPS) is 12.3. The van der Waals surface area contributed by atoms with E-state index in [0.717, 1.165) is 65.8 Å². The minimum absolute atomic E-state index is 0.0519. The molecule has 0 saturated carbocycles. The summed E-state index contributed by atoms with van der Waals surface area (Å²) in [7, 11) is 0. The van der Waals surface area contributed by atoms with Gasteiger partial charge in [-0.15, -0.1) is 0 Å². The van der Waals surface area contributed by atoms with Gasteiger partial charge in [0.15, 0.2) is 23.1 Å². The SMILES string of the molecule is FC(F)(F)c1cc(-c2nc(-c3ccccc3)nc(-c3ccccc3)n2)c2c(oc3ccccc32)c1-n1c2ccc(-n3c4ccccc4c4ccccc43)cc2c2c3c4ccccc4n(-c4ccccc4)c3ccc21. The van der Waals surface area contributed by atoms with Gasteiger partial charge in [0, 0.05) is 71.2 Å². The van der Waals surface area contributed by atoms with E-state index in [-0.39, 0.29) is 22.7 Å². The molecule has 15 rings (SSSR count). The topological polar surface area (TPSA) is 66.6 Å². The number of hydrogen-bond donors (Lipinski definition) is 0. The Hall–Kier alpha value is -9.80. The Kier molecular flexibility index (Phi) is 8.98. The van der Waals surface area contributed by atoms with Crippen molar-refractivity contribution in [1.82, 2.24) is 28.7 Å². The third-order valence-corrected chi connectivity index (χ3v) is 14.5. The largest absolute Gasteiger partial charge is 0.454 e. The molecule has 0 N–H and O–H groups in total. The number of para-hydroxylation sites is 5. The van der Waals surface area contributed by atoms with Gasteiger partial charge in [-0.2, -0.15) is 13.2 Å². The molecule has 0 aliphatic rings. The van der Waals surface area contributed by atoms with Crippen molar-refractivity contribution in [2.45, 2.75) is 6.18 Å². The number of fused-ring (bicyclic) bond motifs is 13. The van der Waals surface area contributed by atoms with Gasteiger partial charge in [0.05, 0.1) is 38.7 Å². The Morgan fingerprint density at radius 3 is 1.43 bits per heavy atom. The third kappa shape index (κ3) is 6.18. The van der Waals surface area contributed by atoms with Crippen LogP contribution in [0.4, 0.5) is 13.2 Å². The molecule has 350 valence electrons. The van der Waals surface area contributed by atoms with E-state index < -0.39 is 11.7 Å². The lowest BCUT2D eigenvalue weighted by atomic mass is 9.99. The number of halogens is 3. The van der Waals surface area contributed by atoms with Gasteiger partial charge < -0.3 is 18.1 Å². The quantitative estimate of drug-likeness (QED) is 0.167. The zero-order valence-corrected chi connectivity index (χ0v) is 39.1. The van der Waals surface area contributed by atoms with Crippen molar-refractivity contribution in [2.24, 2.45) is 0 Å². The molecule has 0 unspecified atom stereocenters. The molecule has 0 saturated heterocycles. The summed E-state index contributed by atoms with van der Waals surface area (Å²) in [6.07, 6.45) is -4.89. The molecule has 0 aliphatic heterocycles. The summed E-state index contributed by atoms with van der Waals surface area (Å²) in [4.78, 5) is 14.8. The third-order valence-electron chi connectivity index (χ3n) is 14.5. The smallest absolute Gasteiger partial charge is 0.418 e. The molecule has 5 aromatic heterocycles. The highest BCUT2D eigenvalue weighted by atomic mass is 19.4. The lowest BCUT2D eigenvalue weighted by molar-refractivity contribution is -0.137. The second-order valence-corrected chi connectivity index (χ2v) is 18.6. The highest BCUT2D eigenvalue weighted by Gasteiger charge is 2.39. The van der Waals surface area contributed by atoms with E-state index in [9.17, 15) is 0 Å². The van der Waals surface area contributed by atoms with E-state index in [1.165, 1.54) is 6.07 Å². The van der Waals surface area contributed by atoms with Crippen molar-refractivity contribution in [2.75, 3.05) is 0 Å². The van der Waals surface area contributed by atoms with Gasteiger partial charge in [-0.3, -0.25) is 0 Å². The number of nitrogens with zero attached hydrogens (tertiary/aromatic N) is 6. The van der Waals surface area contributed by atoms with Gasteiger partial charge in [0.1, 0.15) is 11.3 Å². The number of furan rings is 1. The second-order valence-electron chi connectivity index (χ2n) is 18.6. The van der Waals surface area contributed by atoms with Crippen molar-refractivity contribution >= 4 is 87.4 Å². The standard InChI is InChI=1S/C64H37F3N6O/c65-64(66,67)48-37-47(63-69-61(38-18-4-1-5-19-38)68-62(70-63)39-20-6-2-7-21-39)56-45-27-13-17-31-55(45)74-60(56)59(48)73-52-33-32-41(72-49-28-14-10-24-42(49)43-25-11-15-29-50(43)72)36-46(52)58-54(73)35-34-53-57(58)44-26-12-16-30-51(44)71(53)40-22-8-3-9-23-40/h1-37H. The number of benzene rings is 10. The first-order valence-corrected chi connectivity index (χ1v) is 24.3. The van der Waals surface area contributed by atoms with Crippen LogP contribution in [0.3, 0.4) is 0 Å². The molecular formula is C64H37F3N6O. The molecule has 0 fully saturated rings. The van der Waals surface area contributed by atoms with Crippen molar-refractivity contribution < 1.29 is 17.6 Å². The fourth-order valence-electron chi connectivity index (χ4n) is 11.4. The van der Waals surface area contributed by atoms with E-state index in [0.29, 0.717) is 50.2 Å². The van der Waals surface area contributed by atoms with E-state index >= 15 is 13.2 Å². The van der Waals surface area contributed by atoms with E-state index in [4.69, 9.17) is 19.4 Å². The lowest BCUT2D eigenvalue weighted by Crippen LogP contribution is -2.12. The van der Waals surface area contributed by atoms with Crippen LogP contribution in [0.2, 0.25) is 0 Å². The van der Waals surface area contributed by atoms with Crippen molar-refractivity contribution in [3.63, 3.8) is 0 Å². The minimum atomic E-state index is -4.89. The highest BCUT2D eigenvalue weighted by molar-refractivity contribution is 6.30. The zero-order chi connectivity index (χ0) is 49.2. The van der Waals surface area contributed by atoms with Gasteiger partial charge in [0.25, 0.3) is 0 Å². The van der Waals surface area contributed by atoms with Crippen LogP contribution in [0.25, 0.3) is 139 Å². The number of aromatic nitrogens is 6. The van der Waals surface area contributed by atoms with Crippen LogP contribution in [0, 0.1) is 0 Å². The monoisotopic (exact) mass is 962 g/mol. The average molecular weight is 963 g/mol. The van der Waals surface area contributed by atoms with Gasteiger partial charge >= 0.3 is 6.18 Å². The Morgan fingerprint density at radius 1 is 0.351 bits per heavy atom. The Balaban J connectivity index is 1.10.